The van der Waals surface area contributed by atoms with E-state index in [0.717, 1.165) is 42.6 Å². The second-order valence-electron chi connectivity index (χ2n) is 9.66. The van der Waals surface area contributed by atoms with Crippen LogP contribution < -0.4 is 4.74 Å². The molecule has 2 atom stereocenters. The van der Waals surface area contributed by atoms with E-state index in [1.807, 2.05) is 49.9 Å². The van der Waals surface area contributed by atoms with Gasteiger partial charge in [0.05, 0.1) is 23.9 Å². The first kappa shape index (κ1) is 23.8. The molecule has 5 heteroatoms. The molecule has 0 bridgehead atoms. The molecule has 0 radical (unpaired) electrons. The number of likely N-dealkylation sites (tertiary alicyclic amines) is 1. The largest absolute Gasteiger partial charge is 0.491 e. The van der Waals surface area contributed by atoms with E-state index < -0.39 is 0 Å². The van der Waals surface area contributed by atoms with Crippen LogP contribution in [0.4, 0.5) is 0 Å². The Labute approximate surface area is 198 Å². The number of hydrogen-bond donors (Lipinski definition) is 0. The fourth-order valence-corrected chi connectivity index (χ4v) is 5.16. The summed E-state index contributed by atoms with van der Waals surface area (Å²) in [4.78, 5) is 15.2. The third kappa shape index (κ3) is 5.59. The lowest BCUT2D eigenvalue weighted by Gasteiger charge is -2.48. The average molecular weight is 452 g/mol. The van der Waals surface area contributed by atoms with Gasteiger partial charge in [-0.2, -0.15) is 0 Å². The molecule has 5 nitrogen and oxygen atoms in total. The third-order valence-electron chi connectivity index (χ3n) is 6.79. The monoisotopic (exact) mass is 451 g/mol. The molecule has 1 amide bonds. The van der Waals surface area contributed by atoms with Crippen molar-refractivity contribution in [2.45, 2.75) is 77.3 Å². The lowest BCUT2D eigenvalue weighted by atomic mass is 9.80. The molecule has 1 spiro atoms. The molecule has 2 saturated heterocycles. The first-order valence-corrected chi connectivity index (χ1v) is 12.3. The quantitative estimate of drug-likeness (QED) is 0.564. The molecule has 0 aliphatic carbocycles. The van der Waals surface area contributed by atoms with Crippen LogP contribution in [0.5, 0.6) is 5.75 Å². The number of aryl methyl sites for hydroxylation is 1. The number of benzene rings is 2. The number of rotatable bonds is 6. The van der Waals surface area contributed by atoms with E-state index in [1.165, 1.54) is 5.56 Å². The highest BCUT2D eigenvalue weighted by molar-refractivity contribution is 5.94. The molecule has 0 N–H and O–H groups in total. The van der Waals surface area contributed by atoms with Crippen LogP contribution in [0.25, 0.3) is 0 Å². The van der Waals surface area contributed by atoms with E-state index in [9.17, 15) is 4.79 Å². The lowest BCUT2D eigenvalue weighted by Crippen LogP contribution is -2.52. The summed E-state index contributed by atoms with van der Waals surface area (Å²) in [5, 5.41) is 0. The molecule has 2 aliphatic rings. The highest BCUT2D eigenvalue weighted by Gasteiger charge is 2.45. The molecular weight excluding hydrogens is 414 g/mol. The van der Waals surface area contributed by atoms with Crippen molar-refractivity contribution >= 4 is 5.91 Å². The fraction of sp³-hybridized carbons (Fsp3) is 0.536. The van der Waals surface area contributed by atoms with Gasteiger partial charge in [-0.05, 0) is 69.9 Å². The summed E-state index contributed by atoms with van der Waals surface area (Å²) in [7, 11) is 0. The summed E-state index contributed by atoms with van der Waals surface area (Å²) in [5.74, 6) is 0.921. The number of amides is 1. The molecule has 2 aromatic rings. The van der Waals surface area contributed by atoms with Crippen LogP contribution in [0.3, 0.4) is 0 Å². The van der Waals surface area contributed by atoms with Crippen LogP contribution in [0, 0.1) is 6.92 Å². The van der Waals surface area contributed by atoms with Crippen molar-refractivity contribution in [3.8, 4) is 5.75 Å². The molecule has 0 aromatic heterocycles. The Kier molecular flexibility index (Phi) is 7.40. The van der Waals surface area contributed by atoms with Crippen molar-refractivity contribution in [2.75, 3.05) is 19.7 Å². The van der Waals surface area contributed by atoms with E-state index in [0.29, 0.717) is 19.7 Å². The molecule has 0 unspecified atom stereocenters. The normalized spacial score (nSPS) is 22.5. The van der Waals surface area contributed by atoms with Gasteiger partial charge < -0.3 is 19.1 Å². The van der Waals surface area contributed by atoms with Gasteiger partial charge in [0.2, 0.25) is 0 Å². The van der Waals surface area contributed by atoms with Crippen molar-refractivity contribution < 1.29 is 19.0 Å². The molecule has 2 fully saturated rings. The topological polar surface area (TPSA) is 48.0 Å². The van der Waals surface area contributed by atoms with Gasteiger partial charge >= 0.3 is 0 Å². The Balaban J connectivity index is 1.44. The van der Waals surface area contributed by atoms with Crippen LogP contribution >= 0.6 is 0 Å². The Hall–Kier alpha value is -2.37. The highest BCUT2D eigenvalue weighted by atomic mass is 16.5. The van der Waals surface area contributed by atoms with Crippen molar-refractivity contribution in [3.63, 3.8) is 0 Å². The standard InChI is InChI=1S/C28H37NO4/c1-5-31-24-18-26(22-9-7-6-8-10-22)33-28(19-24)13-15-29(16-14-28)27(30)23-11-12-25(21(4)17-23)32-20(2)3/h6-12,17,20,24,26H,5,13-16,18-19H2,1-4H3/t24-,26+/m1/s1. The predicted octanol–water partition coefficient (Wildman–Crippen LogP) is 5.71. The number of piperidine rings is 1. The van der Waals surface area contributed by atoms with Gasteiger partial charge in [-0.3, -0.25) is 4.79 Å². The molecule has 178 valence electrons. The second kappa shape index (κ2) is 10.3. The van der Waals surface area contributed by atoms with Crippen molar-refractivity contribution in [1.29, 1.82) is 0 Å². The Bertz CT molecular complexity index is 934. The number of carbonyl (C=O) groups excluding carboxylic acids is 1. The molecule has 2 aromatic carbocycles. The zero-order valence-corrected chi connectivity index (χ0v) is 20.4. The second-order valence-corrected chi connectivity index (χ2v) is 9.66. The minimum atomic E-state index is -0.236. The Morgan fingerprint density at radius 2 is 1.88 bits per heavy atom. The molecular formula is C28H37NO4. The highest BCUT2D eigenvalue weighted by Crippen LogP contribution is 2.44. The van der Waals surface area contributed by atoms with Crippen LogP contribution in [0.2, 0.25) is 0 Å². The van der Waals surface area contributed by atoms with Gasteiger partial charge in [-0.1, -0.05) is 30.3 Å². The van der Waals surface area contributed by atoms with Gasteiger partial charge in [0, 0.05) is 38.1 Å². The van der Waals surface area contributed by atoms with Gasteiger partial charge in [0.15, 0.2) is 0 Å². The third-order valence-corrected chi connectivity index (χ3v) is 6.79. The van der Waals surface area contributed by atoms with Gasteiger partial charge in [0.25, 0.3) is 5.91 Å². The first-order chi connectivity index (χ1) is 15.9. The lowest BCUT2D eigenvalue weighted by molar-refractivity contribution is -0.190. The zero-order chi connectivity index (χ0) is 23.4. The minimum Gasteiger partial charge on any atom is -0.491 e. The number of ether oxygens (including phenoxy) is 3. The van der Waals surface area contributed by atoms with Crippen molar-refractivity contribution in [1.82, 2.24) is 4.90 Å². The van der Waals surface area contributed by atoms with E-state index in [4.69, 9.17) is 14.2 Å². The summed E-state index contributed by atoms with van der Waals surface area (Å²) in [6.45, 7) is 10.2. The molecule has 2 heterocycles. The molecule has 4 rings (SSSR count). The minimum absolute atomic E-state index is 0.0369. The van der Waals surface area contributed by atoms with E-state index >= 15 is 0 Å². The van der Waals surface area contributed by atoms with E-state index in [-0.39, 0.29) is 29.8 Å². The molecule has 33 heavy (non-hydrogen) atoms. The van der Waals surface area contributed by atoms with Crippen molar-refractivity contribution in [3.05, 3.63) is 65.2 Å². The van der Waals surface area contributed by atoms with Crippen molar-refractivity contribution in [2.24, 2.45) is 0 Å². The van der Waals surface area contributed by atoms with Crippen LogP contribution in [0.1, 0.15) is 74.0 Å². The smallest absolute Gasteiger partial charge is 0.253 e. The number of nitrogens with zero attached hydrogens (tertiary/aromatic N) is 1. The SMILES string of the molecule is CCO[C@@H]1C[C@@H](c2ccccc2)OC2(CCN(C(=O)c3ccc(OC(C)C)c(C)c3)CC2)C1. The maximum Gasteiger partial charge on any atom is 0.253 e. The van der Waals surface area contributed by atoms with Crippen LogP contribution in [0.15, 0.2) is 48.5 Å². The van der Waals surface area contributed by atoms with Gasteiger partial charge in [-0.15, -0.1) is 0 Å². The molecule has 0 saturated carbocycles. The Morgan fingerprint density at radius 1 is 1.15 bits per heavy atom. The van der Waals surface area contributed by atoms with Gasteiger partial charge in [0.1, 0.15) is 5.75 Å². The maximum atomic E-state index is 13.2. The zero-order valence-electron chi connectivity index (χ0n) is 20.4. The first-order valence-electron chi connectivity index (χ1n) is 12.3. The summed E-state index contributed by atoms with van der Waals surface area (Å²) >= 11 is 0. The average Bonchev–Trinajstić information content (AvgIpc) is 2.81. The number of hydrogen-bond acceptors (Lipinski definition) is 4. The maximum absolute atomic E-state index is 13.2. The summed E-state index contributed by atoms with van der Waals surface area (Å²) < 4.78 is 18.7. The number of carbonyl (C=O) groups is 1. The van der Waals surface area contributed by atoms with E-state index in [2.05, 4.69) is 31.2 Å². The van der Waals surface area contributed by atoms with Crippen LogP contribution in [-0.2, 0) is 9.47 Å². The summed E-state index contributed by atoms with van der Waals surface area (Å²) in [5.41, 5.74) is 2.68. The fourth-order valence-electron chi connectivity index (χ4n) is 5.16. The molecule has 2 aliphatic heterocycles. The summed E-state index contributed by atoms with van der Waals surface area (Å²) in [6.07, 6.45) is 3.78. The summed E-state index contributed by atoms with van der Waals surface area (Å²) in [6, 6.07) is 16.2. The van der Waals surface area contributed by atoms with Gasteiger partial charge in [-0.25, -0.2) is 0 Å². The van der Waals surface area contributed by atoms with E-state index in [1.54, 1.807) is 0 Å². The predicted molar refractivity (Wildman–Crippen MR) is 130 cm³/mol. The van der Waals surface area contributed by atoms with Crippen LogP contribution in [-0.4, -0.2) is 48.3 Å². The Morgan fingerprint density at radius 3 is 2.52 bits per heavy atom.